The highest BCUT2D eigenvalue weighted by atomic mass is 16.5. The molecule has 0 radical (unpaired) electrons. The number of fused-ring (bicyclic) bond motifs is 1. The quantitative estimate of drug-likeness (QED) is 0.438. The summed E-state index contributed by atoms with van der Waals surface area (Å²) in [6, 6.07) is 23.4. The standard InChI is InChI=1S/C27H26N4O3/c1-33-22-12-8-21(9-13-22)30-14-16-31(17-15-30)27(32)19-34-23-10-6-20(7-11-23)26-18-28-24-4-2-3-5-25(24)29-26/h2-13,18H,14-17,19H2,1H3. The van der Waals surface area contributed by atoms with E-state index in [9.17, 15) is 4.79 Å². The van der Waals surface area contributed by atoms with Gasteiger partial charge in [0.2, 0.25) is 0 Å². The predicted octanol–water partition coefficient (Wildman–Crippen LogP) is 4.03. The fraction of sp³-hybridized carbons (Fsp3) is 0.222. The number of carbonyl (C=O) groups excluding carboxylic acids is 1. The number of nitrogens with zero attached hydrogens (tertiary/aromatic N) is 4. The van der Waals surface area contributed by atoms with Gasteiger partial charge in [-0.2, -0.15) is 0 Å². The molecule has 1 fully saturated rings. The zero-order valence-corrected chi connectivity index (χ0v) is 19.1. The van der Waals surface area contributed by atoms with Crippen molar-refractivity contribution in [3.8, 4) is 22.8 Å². The Balaban J connectivity index is 1.13. The first-order valence-electron chi connectivity index (χ1n) is 11.3. The van der Waals surface area contributed by atoms with E-state index in [1.165, 1.54) is 0 Å². The lowest BCUT2D eigenvalue weighted by Gasteiger charge is -2.36. The maximum Gasteiger partial charge on any atom is 0.260 e. The summed E-state index contributed by atoms with van der Waals surface area (Å²) in [5, 5.41) is 0. The SMILES string of the molecule is COc1ccc(N2CCN(C(=O)COc3ccc(-c4cnc5ccccc5n4)cc3)CC2)cc1. The minimum Gasteiger partial charge on any atom is -0.497 e. The van der Waals surface area contributed by atoms with Crippen molar-refractivity contribution in [3.05, 3.63) is 79.0 Å². The zero-order valence-electron chi connectivity index (χ0n) is 19.1. The highest BCUT2D eigenvalue weighted by Gasteiger charge is 2.21. The number of ether oxygens (including phenoxy) is 2. The molecule has 0 aliphatic carbocycles. The zero-order chi connectivity index (χ0) is 23.3. The van der Waals surface area contributed by atoms with Crippen LogP contribution in [0.25, 0.3) is 22.3 Å². The number of aromatic nitrogens is 2. The average Bonchev–Trinajstić information content (AvgIpc) is 2.92. The van der Waals surface area contributed by atoms with E-state index < -0.39 is 0 Å². The molecule has 1 aromatic heterocycles. The van der Waals surface area contributed by atoms with Crippen LogP contribution in [0.15, 0.2) is 79.0 Å². The molecule has 0 saturated carbocycles. The number of anilines is 1. The number of amides is 1. The molecular weight excluding hydrogens is 428 g/mol. The molecule has 1 aliphatic heterocycles. The van der Waals surface area contributed by atoms with Gasteiger partial charge in [0.1, 0.15) is 11.5 Å². The summed E-state index contributed by atoms with van der Waals surface area (Å²) in [6.45, 7) is 2.96. The fourth-order valence-electron chi connectivity index (χ4n) is 4.06. The van der Waals surface area contributed by atoms with Crippen molar-refractivity contribution in [2.45, 2.75) is 0 Å². The lowest BCUT2D eigenvalue weighted by atomic mass is 10.1. The number of piperazine rings is 1. The van der Waals surface area contributed by atoms with Crippen LogP contribution >= 0.6 is 0 Å². The third kappa shape index (κ3) is 4.78. The summed E-state index contributed by atoms with van der Waals surface area (Å²) >= 11 is 0. The molecular formula is C27H26N4O3. The molecule has 3 aromatic carbocycles. The van der Waals surface area contributed by atoms with Gasteiger partial charge in [-0.1, -0.05) is 12.1 Å². The van der Waals surface area contributed by atoms with Gasteiger partial charge < -0.3 is 19.3 Å². The Kier molecular flexibility index (Phi) is 6.25. The van der Waals surface area contributed by atoms with Crippen LogP contribution in [0.2, 0.25) is 0 Å². The molecule has 7 nitrogen and oxygen atoms in total. The molecule has 34 heavy (non-hydrogen) atoms. The first-order valence-corrected chi connectivity index (χ1v) is 11.3. The summed E-state index contributed by atoms with van der Waals surface area (Å²) in [4.78, 5) is 25.9. The van der Waals surface area contributed by atoms with Gasteiger partial charge >= 0.3 is 0 Å². The summed E-state index contributed by atoms with van der Waals surface area (Å²) in [6.07, 6.45) is 1.77. The number of carbonyl (C=O) groups is 1. The van der Waals surface area contributed by atoms with Crippen LogP contribution in [0.1, 0.15) is 0 Å². The highest BCUT2D eigenvalue weighted by Crippen LogP contribution is 2.23. The largest absolute Gasteiger partial charge is 0.497 e. The van der Waals surface area contributed by atoms with Crippen LogP contribution in [0.3, 0.4) is 0 Å². The van der Waals surface area contributed by atoms with Gasteiger partial charge in [-0.05, 0) is 60.7 Å². The van der Waals surface area contributed by atoms with Crippen molar-refractivity contribution in [2.24, 2.45) is 0 Å². The molecule has 172 valence electrons. The molecule has 0 unspecified atom stereocenters. The van der Waals surface area contributed by atoms with Gasteiger partial charge in [0, 0.05) is 37.4 Å². The molecule has 2 heterocycles. The number of para-hydroxylation sites is 2. The Morgan fingerprint density at radius 1 is 0.853 bits per heavy atom. The summed E-state index contributed by atoms with van der Waals surface area (Å²) in [5.41, 5.74) is 4.62. The summed E-state index contributed by atoms with van der Waals surface area (Å²) in [7, 11) is 1.66. The number of benzene rings is 3. The van der Waals surface area contributed by atoms with Crippen molar-refractivity contribution in [2.75, 3.05) is 44.8 Å². The second-order valence-corrected chi connectivity index (χ2v) is 8.12. The Morgan fingerprint density at radius 3 is 2.24 bits per heavy atom. The van der Waals surface area contributed by atoms with E-state index in [-0.39, 0.29) is 12.5 Å². The van der Waals surface area contributed by atoms with Crippen LogP contribution in [0.4, 0.5) is 5.69 Å². The van der Waals surface area contributed by atoms with E-state index in [0.717, 1.165) is 46.8 Å². The van der Waals surface area contributed by atoms with Crippen molar-refractivity contribution < 1.29 is 14.3 Å². The minimum atomic E-state index is -0.00106. The molecule has 0 bridgehead atoms. The number of methoxy groups -OCH3 is 1. The van der Waals surface area contributed by atoms with Crippen LogP contribution < -0.4 is 14.4 Å². The fourth-order valence-corrected chi connectivity index (χ4v) is 4.06. The van der Waals surface area contributed by atoms with E-state index in [4.69, 9.17) is 9.47 Å². The monoisotopic (exact) mass is 454 g/mol. The van der Waals surface area contributed by atoms with Gasteiger partial charge in [0.05, 0.1) is 30.0 Å². The van der Waals surface area contributed by atoms with Crippen molar-refractivity contribution in [1.82, 2.24) is 14.9 Å². The number of rotatable bonds is 6. The van der Waals surface area contributed by atoms with Gasteiger partial charge in [-0.25, -0.2) is 4.98 Å². The molecule has 1 saturated heterocycles. The third-order valence-corrected chi connectivity index (χ3v) is 6.03. The van der Waals surface area contributed by atoms with E-state index in [0.29, 0.717) is 18.8 Å². The van der Waals surface area contributed by atoms with Crippen molar-refractivity contribution in [3.63, 3.8) is 0 Å². The first-order chi connectivity index (χ1) is 16.7. The average molecular weight is 455 g/mol. The Labute approximate surface area is 198 Å². The first kappa shape index (κ1) is 21.7. The van der Waals surface area contributed by atoms with Crippen LogP contribution in [0.5, 0.6) is 11.5 Å². The Morgan fingerprint density at radius 2 is 1.53 bits per heavy atom. The number of hydrogen-bond acceptors (Lipinski definition) is 6. The lowest BCUT2D eigenvalue weighted by molar-refractivity contribution is -0.133. The van der Waals surface area contributed by atoms with Gasteiger partial charge in [0.25, 0.3) is 5.91 Å². The van der Waals surface area contributed by atoms with Crippen LogP contribution in [0, 0.1) is 0 Å². The molecule has 0 spiro atoms. The molecule has 7 heteroatoms. The maximum atomic E-state index is 12.7. The normalized spacial score (nSPS) is 13.7. The smallest absolute Gasteiger partial charge is 0.260 e. The summed E-state index contributed by atoms with van der Waals surface area (Å²) in [5.74, 6) is 1.49. The molecule has 4 aromatic rings. The van der Waals surface area contributed by atoms with Gasteiger partial charge in [-0.15, -0.1) is 0 Å². The van der Waals surface area contributed by atoms with E-state index in [1.54, 1.807) is 13.3 Å². The van der Waals surface area contributed by atoms with Crippen LogP contribution in [-0.2, 0) is 4.79 Å². The minimum absolute atomic E-state index is 0.00106. The maximum absolute atomic E-state index is 12.7. The molecule has 5 rings (SSSR count). The Bertz CT molecular complexity index is 1270. The van der Waals surface area contributed by atoms with Crippen molar-refractivity contribution in [1.29, 1.82) is 0 Å². The Hall–Kier alpha value is -4.13. The van der Waals surface area contributed by atoms with Crippen LogP contribution in [-0.4, -0.2) is 60.7 Å². The number of hydrogen-bond donors (Lipinski definition) is 0. The summed E-state index contributed by atoms with van der Waals surface area (Å²) < 4.78 is 11.0. The van der Waals surface area contributed by atoms with E-state index in [2.05, 4.69) is 14.9 Å². The topological polar surface area (TPSA) is 67.8 Å². The second kappa shape index (κ2) is 9.79. The van der Waals surface area contributed by atoms with E-state index in [1.807, 2.05) is 77.7 Å². The highest BCUT2D eigenvalue weighted by molar-refractivity contribution is 5.78. The molecule has 0 N–H and O–H groups in total. The lowest BCUT2D eigenvalue weighted by Crippen LogP contribution is -2.50. The van der Waals surface area contributed by atoms with Gasteiger partial charge in [-0.3, -0.25) is 9.78 Å². The molecule has 1 amide bonds. The van der Waals surface area contributed by atoms with Gasteiger partial charge in [0.15, 0.2) is 6.61 Å². The second-order valence-electron chi connectivity index (χ2n) is 8.12. The van der Waals surface area contributed by atoms with Crippen molar-refractivity contribution >= 4 is 22.6 Å². The third-order valence-electron chi connectivity index (χ3n) is 6.03. The van der Waals surface area contributed by atoms with E-state index >= 15 is 0 Å². The predicted molar refractivity (Wildman–Crippen MR) is 132 cm³/mol. The molecule has 0 atom stereocenters. The molecule has 1 aliphatic rings.